The van der Waals surface area contributed by atoms with E-state index in [1.165, 1.54) is 5.56 Å². The lowest BCUT2D eigenvalue weighted by Gasteiger charge is -2.09. The zero-order chi connectivity index (χ0) is 10.4. The van der Waals surface area contributed by atoms with Crippen LogP contribution in [0.2, 0.25) is 0 Å². The van der Waals surface area contributed by atoms with Crippen LogP contribution in [0, 0.1) is 0 Å². The van der Waals surface area contributed by atoms with Crippen molar-refractivity contribution in [2.45, 2.75) is 38.6 Å². The number of nitrogens with zero attached hydrogens (tertiary/aromatic N) is 1. The molecule has 14 heavy (non-hydrogen) atoms. The molecule has 0 spiro atoms. The van der Waals surface area contributed by atoms with Crippen molar-refractivity contribution in [2.24, 2.45) is 5.73 Å². The first-order valence-electron chi connectivity index (χ1n) is 5.07. The average Bonchev–Trinajstić information content (AvgIpc) is 2.15. The van der Waals surface area contributed by atoms with E-state index in [1.54, 1.807) is 6.20 Å². The van der Waals surface area contributed by atoms with E-state index in [4.69, 9.17) is 5.73 Å². The minimum Gasteiger partial charge on any atom is -0.328 e. The quantitative estimate of drug-likeness (QED) is 0.880. The van der Waals surface area contributed by atoms with E-state index < -0.39 is 0 Å². The van der Waals surface area contributed by atoms with Crippen molar-refractivity contribution < 1.29 is 0 Å². The summed E-state index contributed by atoms with van der Waals surface area (Å²) in [6, 6.07) is 2.44. The van der Waals surface area contributed by atoms with Crippen LogP contribution in [-0.2, 0) is 6.42 Å². The molecule has 0 saturated heterocycles. The normalized spacial score (nSPS) is 12.8. The summed E-state index contributed by atoms with van der Waals surface area (Å²) >= 11 is 3.41. The van der Waals surface area contributed by atoms with Crippen molar-refractivity contribution in [1.29, 1.82) is 0 Å². The molecule has 2 N–H and O–H groups in total. The second-order valence-electron chi connectivity index (χ2n) is 3.60. The van der Waals surface area contributed by atoms with E-state index >= 15 is 0 Å². The summed E-state index contributed by atoms with van der Waals surface area (Å²) in [5, 5.41) is 0. The topological polar surface area (TPSA) is 38.9 Å². The van der Waals surface area contributed by atoms with Gasteiger partial charge in [0.2, 0.25) is 0 Å². The molecule has 0 amide bonds. The van der Waals surface area contributed by atoms with Gasteiger partial charge in [-0.25, -0.2) is 0 Å². The number of hydrogen-bond donors (Lipinski definition) is 1. The summed E-state index contributed by atoms with van der Waals surface area (Å²) < 4.78 is 1.04. The fourth-order valence-corrected chi connectivity index (χ4v) is 1.87. The molecular weight excluding hydrogens is 240 g/mol. The number of pyridine rings is 1. The first-order chi connectivity index (χ1) is 6.72. The third kappa shape index (κ3) is 4.20. The Bertz CT molecular complexity index is 276. The van der Waals surface area contributed by atoms with Gasteiger partial charge in [0.25, 0.3) is 0 Å². The third-order valence-electron chi connectivity index (χ3n) is 2.22. The molecule has 0 aliphatic carbocycles. The Kier molecular flexibility index (Phi) is 5.12. The maximum absolute atomic E-state index is 5.94. The van der Waals surface area contributed by atoms with Gasteiger partial charge in [0, 0.05) is 22.9 Å². The Labute approximate surface area is 94.0 Å². The second kappa shape index (κ2) is 6.14. The van der Waals surface area contributed by atoms with Gasteiger partial charge in [0.1, 0.15) is 0 Å². The van der Waals surface area contributed by atoms with Gasteiger partial charge in [-0.3, -0.25) is 4.98 Å². The summed E-state index contributed by atoms with van der Waals surface area (Å²) in [4.78, 5) is 4.12. The van der Waals surface area contributed by atoms with Gasteiger partial charge < -0.3 is 5.73 Å². The minimum atomic E-state index is 0.332. The lowest BCUT2D eigenvalue weighted by Crippen LogP contribution is -2.20. The highest BCUT2D eigenvalue weighted by atomic mass is 79.9. The molecule has 0 fully saturated rings. The van der Waals surface area contributed by atoms with E-state index in [2.05, 4.69) is 33.9 Å². The maximum Gasteiger partial charge on any atom is 0.0410 e. The molecule has 1 aromatic heterocycles. The Morgan fingerprint density at radius 1 is 1.43 bits per heavy atom. The molecular formula is C11H17BrN2. The average molecular weight is 257 g/mol. The Morgan fingerprint density at radius 2 is 2.21 bits per heavy atom. The number of aryl methyl sites for hydroxylation is 1. The van der Waals surface area contributed by atoms with Crippen LogP contribution in [0.25, 0.3) is 0 Å². The van der Waals surface area contributed by atoms with Gasteiger partial charge in [-0.15, -0.1) is 0 Å². The highest BCUT2D eigenvalue weighted by molar-refractivity contribution is 9.10. The van der Waals surface area contributed by atoms with Crippen LogP contribution in [0.5, 0.6) is 0 Å². The van der Waals surface area contributed by atoms with Gasteiger partial charge >= 0.3 is 0 Å². The zero-order valence-electron chi connectivity index (χ0n) is 8.54. The summed E-state index contributed by atoms with van der Waals surface area (Å²) in [6.07, 6.45) is 8.05. The van der Waals surface area contributed by atoms with E-state index in [0.29, 0.717) is 6.04 Å². The first kappa shape index (κ1) is 11.7. The molecule has 1 aromatic rings. The van der Waals surface area contributed by atoms with Gasteiger partial charge in [0.05, 0.1) is 0 Å². The largest absolute Gasteiger partial charge is 0.328 e. The molecule has 1 heterocycles. The molecule has 78 valence electrons. The Hall–Kier alpha value is -0.410. The fourth-order valence-electron chi connectivity index (χ4n) is 1.46. The van der Waals surface area contributed by atoms with Crippen LogP contribution < -0.4 is 5.73 Å². The smallest absolute Gasteiger partial charge is 0.0410 e. The van der Waals surface area contributed by atoms with Crippen LogP contribution >= 0.6 is 15.9 Å². The molecule has 1 atom stereocenters. The van der Waals surface area contributed by atoms with Gasteiger partial charge in [-0.2, -0.15) is 0 Å². The molecule has 1 rings (SSSR count). The number of hydrogen-bond acceptors (Lipinski definition) is 2. The summed E-state index contributed by atoms with van der Waals surface area (Å²) in [5.41, 5.74) is 7.19. The number of rotatable bonds is 5. The molecule has 0 aliphatic rings. The predicted molar refractivity (Wildman–Crippen MR) is 63.1 cm³/mol. The van der Waals surface area contributed by atoms with Crippen molar-refractivity contribution in [2.75, 3.05) is 0 Å². The second-order valence-corrected chi connectivity index (χ2v) is 4.51. The monoisotopic (exact) mass is 256 g/mol. The third-order valence-corrected chi connectivity index (χ3v) is 2.66. The van der Waals surface area contributed by atoms with E-state index in [1.807, 2.05) is 6.20 Å². The van der Waals surface area contributed by atoms with E-state index in [0.717, 1.165) is 30.2 Å². The molecule has 2 nitrogen and oxygen atoms in total. The van der Waals surface area contributed by atoms with Crippen molar-refractivity contribution in [3.8, 4) is 0 Å². The molecule has 3 heteroatoms. The van der Waals surface area contributed by atoms with Gasteiger partial charge in [0.15, 0.2) is 0 Å². The summed E-state index contributed by atoms with van der Waals surface area (Å²) in [5.74, 6) is 0. The highest BCUT2D eigenvalue weighted by Gasteiger charge is 2.02. The predicted octanol–water partition coefficient (Wildman–Crippen LogP) is 2.90. The van der Waals surface area contributed by atoms with E-state index in [-0.39, 0.29) is 0 Å². The number of aromatic nitrogens is 1. The standard InChI is InChI=1S/C11H17BrN2/c1-2-3-11(13)5-4-9-6-10(12)8-14-7-9/h6-8,11H,2-5,13H2,1H3. The summed E-state index contributed by atoms with van der Waals surface area (Å²) in [7, 11) is 0. The SMILES string of the molecule is CCCC(N)CCc1cncc(Br)c1. The molecule has 0 saturated carbocycles. The number of halogens is 1. The molecule has 0 bridgehead atoms. The molecule has 0 radical (unpaired) electrons. The van der Waals surface area contributed by atoms with Crippen molar-refractivity contribution in [1.82, 2.24) is 4.98 Å². The van der Waals surface area contributed by atoms with Crippen LogP contribution in [0.15, 0.2) is 22.9 Å². The van der Waals surface area contributed by atoms with Gasteiger partial charge in [-0.05, 0) is 46.8 Å². The van der Waals surface area contributed by atoms with Crippen molar-refractivity contribution in [3.05, 3.63) is 28.5 Å². The molecule has 1 unspecified atom stereocenters. The fraction of sp³-hybridized carbons (Fsp3) is 0.545. The molecule has 0 aliphatic heterocycles. The Morgan fingerprint density at radius 3 is 2.86 bits per heavy atom. The van der Waals surface area contributed by atoms with Crippen LogP contribution in [0.3, 0.4) is 0 Å². The lowest BCUT2D eigenvalue weighted by molar-refractivity contribution is 0.560. The minimum absolute atomic E-state index is 0.332. The van der Waals surface area contributed by atoms with Crippen LogP contribution in [0.4, 0.5) is 0 Å². The molecule has 0 aromatic carbocycles. The van der Waals surface area contributed by atoms with Crippen LogP contribution in [0.1, 0.15) is 31.7 Å². The summed E-state index contributed by atoms with van der Waals surface area (Å²) in [6.45, 7) is 2.17. The van der Waals surface area contributed by atoms with Crippen molar-refractivity contribution >= 4 is 15.9 Å². The van der Waals surface area contributed by atoms with E-state index in [9.17, 15) is 0 Å². The van der Waals surface area contributed by atoms with Gasteiger partial charge in [-0.1, -0.05) is 13.3 Å². The maximum atomic E-state index is 5.94. The number of nitrogens with two attached hydrogens (primary N) is 1. The first-order valence-corrected chi connectivity index (χ1v) is 5.86. The van der Waals surface area contributed by atoms with Crippen molar-refractivity contribution in [3.63, 3.8) is 0 Å². The lowest BCUT2D eigenvalue weighted by atomic mass is 10.0. The zero-order valence-corrected chi connectivity index (χ0v) is 10.1. The van der Waals surface area contributed by atoms with Crippen LogP contribution in [-0.4, -0.2) is 11.0 Å². The Balaban J connectivity index is 2.37. The highest BCUT2D eigenvalue weighted by Crippen LogP contribution is 2.12.